The number of hydrogen-bond acceptors (Lipinski definition) is 6. The van der Waals surface area contributed by atoms with Crippen molar-refractivity contribution in [2.75, 3.05) is 20.2 Å². The molecule has 30 heavy (non-hydrogen) atoms. The molecule has 0 aliphatic rings. The van der Waals surface area contributed by atoms with Crippen molar-refractivity contribution in [2.24, 2.45) is 0 Å². The van der Waals surface area contributed by atoms with Crippen LogP contribution in [0.2, 0.25) is 0 Å². The van der Waals surface area contributed by atoms with Gasteiger partial charge >= 0.3 is 5.97 Å². The smallest absolute Gasteiger partial charge is 0.359 e. The summed E-state index contributed by atoms with van der Waals surface area (Å²) < 4.78 is 6.37. The van der Waals surface area contributed by atoms with E-state index in [1.165, 1.54) is 16.6 Å². The normalized spacial score (nSPS) is 10.4. The van der Waals surface area contributed by atoms with E-state index in [1.807, 2.05) is 36.4 Å². The van der Waals surface area contributed by atoms with Crippen LogP contribution in [0.25, 0.3) is 10.8 Å². The van der Waals surface area contributed by atoms with E-state index < -0.39 is 18.5 Å². The van der Waals surface area contributed by atoms with Gasteiger partial charge in [-0.05, 0) is 11.6 Å². The van der Waals surface area contributed by atoms with Gasteiger partial charge in [0.1, 0.15) is 0 Å². The quantitative estimate of drug-likeness (QED) is 0.558. The van der Waals surface area contributed by atoms with Gasteiger partial charge in [-0.1, -0.05) is 48.5 Å². The SMILES string of the molecule is CN(CCC#N)C(=O)COC(=O)c1nn(Cc2ccccc2)c(=O)c2ccccc12. The van der Waals surface area contributed by atoms with E-state index in [1.54, 1.807) is 24.3 Å². The fourth-order valence-electron chi connectivity index (χ4n) is 2.90. The minimum atomic E-state index is -0.796. The number of fused-ring (bicyclic) bond motifs is 1. The van der Waals surface area contributed by atoms with Crippen LogP contribution in [0, 0.1) is 11.3 Å². The number of nitrogens with zero attached hydrogens (tertiary/aromatic N) is 4. The van der Waals surface area contributed by atoms with Gasteiger partial charge in [-0.25, -0.2) is 9.48 Å². The molecule has 8 heteroatoms. The molecule has 2 aromatic carbocycles. The molecule has 0 bridgehead atoms. The first-order chi connectivity index (χ1) is 14.5. The molecule has 0 radical (unpaired) electrons. The summed E-state index contributed by atoms with van der Waals surface area (Å²) in [5.74, 6) is -1.23. The van der Waals surface area contributed by atoms with Gasteiger partial charge in [0.2, 0.25) is 0 Å². The Balaban J connectivity index is 1.88. The zero-order chi connectivity index (χ0) is 21.5. The van der Waals surface area contributed by atoms with Gasteiger partial charge in [0.25, 0.3) is 11.5 Å². The Morgan fingerprint density at radius 2 is 1.77 bits per heavy atom. The zero-order valence-corrected chi connectivity index (χ0v) is 16.4. The number of esters is 1. The lowest BCUT2D eigenvalue weighted by Gasteiger charge is -2.15. The second-order valence-electron chi connectivity index (χ2n) is 6.64. The third-order valence-corrected chi connectivity index (χ3v) is 4.55. The predicted octanol–water partition coefficient (Wildman–Crippen LogP) is 1.97. The summed E-state index contributed by atoms with van der Waals surface area (Å²) in [6, 6.07) is 17.9. The number of hydrogen-bond donors (Lipinski definition) is 0. The molecule has 0 saturated carbocycles. The summed E-state index contributed by atoms with van der Waals surface area (Å²) in [6.45, 7) is -0.0365. The molecule has 0 saturated heterocycles. The summed E-state index contributed by atoms with van der Waals surface area (Å²) in [6.07, 6.45) is 0.187. The molecule has 0 aliphatic carbocycles. The Morgan fingerprint density at radius 3 is 2.47 bits per heavy atom. The largest absolute Gasteiger partial charge is 0.451 e. The summed E-state index contributed by atoms with van der Waals surface area (Å²) in [5.41, 5.74) is 0.503. The Labute approximate surface area is 172 Å². The number of carbonyl (C=O) groups excluding carboxylic acids is 2. The van der Waals surface area contributed by atoms with Gasteiger partial charge in [0, 0.05) is 19.0 Å². The van der Waals surface area contributed by atoms with Crippen LogP contribution in [0.4, 0.5) is 0 Å². The van der Waals surface area contributed by atoms with Gasteiger partial charge in [0.15, 0.2) is 12.3 Å². The fraction of sp³-hybridized carbons (Fsp3) is 0.227. The van der Waals surface area contributed by atoms with E-state index in [9.17, 15) is 14.4 Å². The van der Waals surface area contributed by atoms with Crippen LogP contribution >= 0.6 is 0 Å². The van der Waals surface area contributed by atoms with E-state index in [0.717, 1.165) is 5.56 Å². The number of carbonyl (C=O) groups is 2. The Bertz CT molecular complexity index is 1170. The highest BCUT2D eigenvalue weighted by molar-refractivity contribution is 6.02. The van der Waals surface area contributed by atoms with E-state index in [-0.39, 0.29) is 30.8 Å². The monoisotopic (exact) mass is 404 g/mol. The molecular formula is C22H20N4O4. The topological polar surface area (TPSA) is 105 Å². The van der Waals surface area contributed by atoms with Crippen LogP contribution in [0.5, 0.6) is 0 Å². The lowest BCUT2D eigenvalue weighted by Crippen LogP contribution is -2.32. The van der Waals surface area contributed by atoms with Crippen molar-refractivity contribution in [3.8, 4) is 6.07 Å². The maximum atomic E-state index is 12.8. The van der Waals surface area contributed by atoms with Crippen molar-refractivity contribution in [2.45, 2.75) is 13.0 Å². The summed E-state index contributed by atoms with van der Waals surface area (Å²) >= 11 is 0. The van der Waals surface area contributed by atoms with Gasteiger partial charge in [-0.15, -0.1) is 0 Å². The number of nitriles is 1. The molecule has 152 valence electrons. The Morgan fingerprint density at radius 1 is 1.10 bits per heavy atom. The number of ether oxygens (including phenoxy) is 1. The van der Waals surface area contributed by atoms with Crippen LogP contribution < -0.4 is 5.56 Å². The second-order valence-corrected chi connectivity index (χ2v) is 6.64. The molecule has 1 aromatic heterocycles. The molecule has 0 atom stereocenters. The molecule has 1 heterocycles. The molecule has 0 unspecified atom stereocenters. The van der Waals surface area contributed by atoms with Crippen LogP contribution in [-0.4, -0.2) is 46.8 Å². The highest BCUT2D eigenvalue weighted by Gasteiger charge is 2.20. The number of rotatable bonds is 7. The summed E-state index contributed by atoms with van der Waals surface area (Å²) in [7, 11) is 1.53. The van der Waals surface area contributed by atoms with Crippen molar-refractivity contribution in [3.05, 3.63) is 76.2 Å². The first-order valence-electron chi connectivity index (χ1n) is 9.33. The Kier molecular flexibility index (Phi) is 6.55. The molecule has 0 spiro atoms. The van der Waals surface area contributed by atoms with Crippen molar-refractivity contribution >= 4 is 22.6 Å². The molecular weight excluding hydrogens is 384 g/mol. The lowest BCUT2D eigenvalue weighted by atomic mass is 10.1. The Hall–Kier alpha value is -3.99. The van der Waals surface area contributed by atoms with Gasteiger partial charge in [-0.2, -0.15) is 10.4 Å². The third-order valence-electron chi connectivity index (χ3n) is 4.55. The number of amides is 1. The molecule has 8 nitrogen and oxygen atoms in total. The molecule has 0 aliphatic heterocycles. The maximum absolute atomic E-state index is 12.8. The van der Waals surface area contributed by atoms with E-state index in [2.05, 4.69) is 5.10 Å². The van der Waals surface area contributed by atoms with Crippen LogP contribution in [-0.2, 0) is 16.1 Å². The average molecular weight is 404 g/mol. The van der Waals surface area contributed by atoms with E-state index >= 15 is 0 Å². The molecule has 0 N–H and O–H groups in total. The number of aromatic nitrogens is 2. The minimum absolute atomic E-state index is 0.0337. The highest BCUT2D eigenvalue weighted by Crippen LogP contribution is 2.15. The lowest BCUT2D eigenvalue weighted by molar-refractivity contribution is -0.133. The minimum Gasteiger partial charge on any atom is -0.451 e. The van der Waals surface area contributed by atoms with Crippen molar-refractivity contribution in [1.29, 1.82) is 5.26 Å². The molecule has 1 amide bonds. The first kappa shape index (κ1) is 20.7. The van der Waals surface area contributed by atoms with E-state index in [0.29, 0.717) is 10.8 Å². The zero-order valence-electron chi connectivity index (χ0n) is 16.4. The predicted molar refractivity (Wildman–Crippen MR) is 110 cm³/mol. The van der Waals surface area contributed by atoms with Crippen molar-refractivity contribution in [3.63, 3.8) is 0 Å². The summed E-state index contributed by atoms with van der Waals surface area (Å²) in [4.78, 5) is 38.9. The van der Waals surface area contributed by atoms with Gasteiger partial charge in [-0.3, -0.25) is 9.59 Å². The maximum Gasteiger partial charge on any atom is 0.359 e. The second kappa shape index (κ2) is 9.47. The van der Waals surface area contributed by atoms with Crippen LogP contribution in [0.3, 0.4) is 0 Å². The first-order valence-corrected chi connectivity index (χ1v) is 9.33. The van der Waals surface area contributed by atoms with Crippen molar-refractivity contribution in [1.82, 2.24) is 14.7 Å². The molecule has 0 fully saturated rings. The van der Waals surface area contributed by atoms with Gasteiger partial charge < -0.3 is 9.64 Å². The standard InChI is InChI=1S/C22H20N4O4/c1-25(13-7-12-23)19(27)15-30-22(29)20-17-10-5-6-11-18(17)21(28)26(24-20)14-16-8-3-2-4-9-16/h2-6,8-11H,7,13-15H2,1H3. The average Bonchev–Trinajstić information content (AvgIpc) is 2.78. The number of likely N-dealkylation sites (N-methyl/N-ethyl adjacent to an activating group) is 1. The van der Waals surface area contributed by atoms with E-state index in [4.69, 9.17) is 10.00 Å². The third kappa shape index (κ3) is 4.70. The highest BCUT2D eigenvalue weighted by atomic mass is 16.5. The van der Waals surface area contributed by atoms with Crippen molar-refractivity contribution < 1.29 is 14.3 Å². The number of benzene rings is 2. The summed E-state index contributed by atoms with van der Waals surface area (Å²) in [5, 5.41) is 13.5. The molecule has 3 rings (SSSR count). The van der Waals surface area contributed by atoms with Crippen LogP contribution in [0.1, 0.15) is 22.5 Å². The molecule has 3 aromatic rings. The van der Waals surface area contributed by atoms with Gasteiger partial charge in [0.05, 0.1) is 24.4 Å². The van der Waals surface area contributed by atoms with Crippen LogP contribution in [0.15, 0.2) is 59.4 Å². The fourth-order valence-corrected chi connectivity index (χ4v) is 2.90.